The van der Waals surface area contributed by atoms with Crippen LogP contribution < -0.4 is 5.32 Å². The first-order valence-corrected chi connectivity index (χ1v) is 12.4. The predicted octanol–water partition coefficient (Wildman–Crippen LogP) is 5.46. The second-order valence-electron chi connectivity index (χ2n) is 9.76. The van der Waals surface area contributed by atoms with Gasteiger partial charge in [0.1, 0.15) is 0 Å². The Labute approximate surface area is 191 Å². The van der Waals surface area contributed by atoms with Crippen LogP contribution in [0, 0.1) is 12.8 Å². The first-order valence-electron chi connectivity index (χ1n) is 12.4. The number of aryl methyl sites for hydroxylation is 1. The molecular weight excluding hydrogens is 394 g/mol. The summed E-state index contributed by atoms with van der Waals surface area (Å²) < 4.78 is 0. The van der Waals surface area contributed by atoms with Crippen molar-refractivity contribution >= 4 is 16.8 Å². The number of piperidine rings is 1. The van der Waals surface area contributed by atoms with Crippen molar-refractivity contribution < 1.29 is 4.79 Å². The summed E-state index contributed by atoms with van der Waals surface area (Å²) in [4.78, 5) is 18.7. The van der Waals surface area contributed by atoms with E-state index < -0.39 is 0 Å². The van der Waals surface area contributed by atoms with Gasteiger partial charge in [0.05, 0.1) is 6.42 Å². The number of fused-ring (bicyclic) bond motifs is 2. The van der Waals surface area contributed by atoms with Gasteiger partial charge in [-0.2, -0.15) is 0 Å². The molecule has 2 heterocycles. The maximum atomic E-state index is 12.7. The third-order valence-corrected chi connectivity index (χ3v) is 7.58. The molecule has 2 atom stereocenters. The van der Waals surface area contributed by atoms with Gasteiger partial charge < -0.3 is 10.3 Å². The van der Waals surface area contributed by atoms with E-state index in [4.69, 9.17) is 0 Å². The number of carbonyl (C=O) groups excluding carboxylic acids is 1. The standard InChI is InChI=1S/C28H35N3O/c1-20-8-10-21(11-9-20)23-12-13-25-24(19-30-26(25)17-23)18-28(32)29-14-16-31-15-4-6-22-5-2-3-7-27(22)31/h8-13,17,19,22,27,30H,2-7,14-16,18H2,1H3,(H,29,32). The Morgan fingerprint density at radius 2 is 1.81 bits per heavy atom. The molecule has 1 aromatic heterocycles. The number of nitrogens with one attached hydrogen (secondary N) is 2. The van der Waals surface area contributed by atoms with Crippen LogP contribution in [-0.2, 0) is 11.2 Å². The van der Waals surface area contributed by atoms with Gasteiger partial charge in [-0.15, -0.1) is 0 Å². The zero-order chi connectivity index (χ0) is 21.9. The second-order valence-corrected chi connectivity index (χ2v) is 9.76. The Hall–Kier alpha value is -2.59. The van der Waals surface area contributed by atoms with E-state index in [9.17, 15) is 4.79 Å². The van der Waals surface area contributed by atoms with Gasteiger partial charge in [-0.1, -0.05) is 54.8 Å². The van der Waals surface area contributed by atoms with Crippen molar-refractivity contribution in [2.45, 2.75) is 57.9 Å². The lowest BCUT2D eigenvalue weighted by atomic mass is 9.78. The third-order valence-electron chi connectivity index (χ3n) is 7.58. The van der Waals surface area contributed by atoms with Gasteiger partial charge >= 0.3 is 0 Å². The van der Waals surface area contributed by atoms with Crippen molar-refractivity contribution in [3.8, 4) is 11.1 Å². The molecule has 32 heavy (non-hydrogen) atoms. The van der Waals surface area contributed by atoms with Crippen LogP contribution in [0.15, 0.2) is 48.7 Å². The predicted molar refractivity (Wildman–Crippen MR) is 132 cm³/mol. The van der Waals surface area contributed by atoms with Crippen LogP contribution in [-0.4, -0.2) is 41.5 Å². The van der Waals surface area contributed by atoms with E-state index >= 15 is 0 Å². The Morgan fingerprint density at radius 3 is 2.69 bits per heavy atom. The highest BCUT2D eigenvalue weighted by atomic mass is 16.1. The molecule has 5 rings (SSSR count). The number of carbonyl (C=O) groups is 1. The lowest BCUT2D eigenvalue weighted by Gasteiger charge is -2.44. The largest absolute Gasteiger partial charge is 0.361 e. The van der Waals surface area contributed by atoms with Gasteiger partial charge in [0.25, 0.3) is 0 Å². The fourth-order valence-electron chi connectivity index (χ4n) is 5.84. The summed E-state index contributed by atoms with van der Waals surface area (Å²) in [6, 6.07) is 15.8. The number of likely N-dealkylation sites (tertiary alicyclic amines) is 1. The Bertz CT molecular complexity index is 1070. The molecule has 4 nitrogen and oxygen atoms in total. The maximum Gasteiger partial charge on any atom is 0.224 e. The molecule has 1 aliphatic heterocycles. The number of H-pyrrole nitrogens is 1. The number of aromatic amines is 1. The number of rotatable bonds is 6. The van der Waals surface area contributed by atoms with Gasteiger partial charge in [0.15, 0.2) is 0 Å². The molecule has 4 heteroatoms. The van der Waals surface area contributed by atoms with Gasteiger partial charge in [0, 0.05) is 36.2 Å². The molecule has 0 spiro atoms. The molecule has 0 radical (unpaired) electrons. The zero-order valence-corrected chi connectivity index (χ0v) is 19.2. The van der Waals surface area contributed by atoms with Crippen LogP contribution >= 0.6 is 0 Å². The number of amides is 1. The van der Waals surface area contributed by atoms with E-state index in [0.717, 1.165) is 41.5 Å². The SMILES string of the molecule is Cc1ccc(-c2ccc3c(CC(=O)NCCN4CCCC5CCCCC54)c[nH]c3c2)cc1. The first-order chi connectivity index (χ1) is 15.7. The second kappa shape index (κ2) is 9.50. The minimum atomic E-state index is 0.116. The summed E-state index contributed by atoms with van der Waals surface area (Å²) in [6.07, 6.45) is 10.7. The highest BCUT2D eigenvalue weighted by molar-refractivity contribution is 5.91. The van der Waals surface area contributed by atoms with Crippen molar-refractivity contribution in [2.75, 3.05) is 19.6 Å². The van der Waals surface area contributed by atoms with Crippen LogP contribution in [0.1, 0.15) is 49.7 Å². The number of hydrogen-bond donors (Lipinski definition) is 2. The van der Waals surface area contributed by atoms with Crippen molar-refractivity contribution in [2.24, 2.45) is 5.92 Å². The van der Waals surface area contributed by atoms with Crippen LogP contribution in [0.4, 0.5) is 0 Å². The number of nitrogens with zero attached hydrogens (tertiary/aromatic N) is 1. The molecule has 2 fully saturated rings. The molecule has 168 valence electrons. The van der Waals surface area contributed by atoms with E-state index in [1.54, 1.807) is 0 Å². The average Bonchev–Trinajstić information content (AvgIpc) is 3.21. The smallest absolute Gasteiger partial charge is 0.224 e. The first kappa shape index (κ1) is 21.3. The minimum Gasteiger partial charge on any atom is -0.361 e. The van der Waals surface area contributed by atoms with Gasteiger partial charge in [-0.05, 0) is 67.8 Å². The van der Waals surface area contributed by atoms with Gasteiger partial charge in [-0.25, -0.2) is 0 Å². The van der Waals surface area contributed by atoms with E-state index in [2.05, 4.69) is 64.6 Å². The topological polar surface area (TPSA) is 48.1 Å². The molecule has 2 aliphatic rings. The molecule has 2 aromatic carbocycles. The van der Waals surface area contributed by atoms with Gasteiger partial charge in [0.2, 0.25) is 5.91 Å². The van der Waals surface area contributed by atoms with E-state index in [1.165, 1.54) is 61.8 Å². The summed E-state index contributed by atoms with van der Waals surface area (Å²) >= 11 is 0. The van der Waals surface area contributed by atoms with Crippen LogP contribution in [0.25, 0.3) is 22.0 Å². The van der Waals surface area contributed by atoms with E-state index in [-0.39, 0.29) is 5.91 Å². The summed E-state index contributed by atoms with van der Waals surface area (Å²) in [6.45, 7) is 5.04. The maximum absolute atomic E-state index is 12.7. The minimum absolute atomic E-state index is 0.116. The van der Waals surface area contributed by atoms with Crippen LogP contribution in [0.3, 0.4) is 0 Å². The molecule has 2 N–H and O–H groups in total. The normalized spacial score (nSPS) is 21.4. The molecule has 2 unspecified atom stereocenters. The Morgan fingerprint density at radius 1 is 1.03 bits per heavy atom. The average molecular weight is 430 g/mol. The Balaban J connectivity index is 1.17. The highest BCUT2D eigenvalue weighted by Crippen LogP contribution is 2.35. The number of aromatic nitrogens is 1. The molecule has 1 saturated carbocycles. The molecule has 0 bridgehead atoms. The fourth-order valence-corrected chi connectivity index (χ4v) is 5.84. The van der Waals surface area contributed by atoms with Crippen LogP contribution in [0.5, 0.6) is 0 Å². The molecule has 1 aliphatic carbocycles. The lowest BCUT2D eigenvalue weighted by molar-refractivity contribution is -0.120. The van der Waals surface area contributed by atoms with Gasteiger partial charge in [-0.3, -0.25) is 9.69 Å². The molecule has 1 amide bonds. The van der Waals surface area contributed by atoms with E-state index in [0.29, 0.717) is 6.42 Å². The van der Waals surface area contributed by atoms with Crippen molar-refractivity contribution in [1.82, 2.24) is 15.2 Å². The summed E-state index contributed by atoms with van der Waals surface area (Å²) in [5, 5.41) is 4.31. The van der Waals surface area contributed by atoms with Crippen LogP contribution in [0.2, 0.25) is 0 Å². The summed E-state index contributed by atoms with van der Waals surface area (Å²) in [5.74, 6) is 1.01. The zero-order valence-electron chi connectivity index (χ0n) is 19.2. The monoisotopic (exact) mass is 429 g/mol. The number of benzene rings is 2. The summed E-state index contributed by atoms with van der Waals surface area (Å²) in [5.41, 5.74) is 5.82. The third kappa shape index (κ3) is 4.61. The van der Waals surface area contributed by atoms with Crippen molar-refractivity contribution in [3.05, 3.63) is 59.8 Å². The number of hydrogen-bond acceptors (Lipinski definition) is 2. The Kier molecular flexibility index (Phi) is 6.31. The molecule has 1 saturated heterocycles. The lowest BCUT2D eigenvalue weighted by Crippen LogP contribution is -2.49. The molecule has 3 aromatic rings. The molecular formula is C28H35N3O. The quantitative estimate of drug-likeness (QED) is 0.547. The van der Waals surface area contributed by atoms with Crippen molar-refractivity contribution in [3.63, 3.8) is 0 Å². The summed E-state index contributed by atoms with van der Waals surface area (Å²) in [7, 11) is 0. The van der Waals surface area contributed by atoms with E-state index in [1.807, 2.05) is 6.20 Å². The van der Waals surface area contributed by atoms with Crippen molar-refractivity contribution in [1.29, 1.82) is 0 Å². The highest BCUT2D eigenvalue weighted by Gasteiger charge is 2.32. The fraction of sp³-hybridized carbons (Fsp3) is 0.464.